The molecule has 0 N–H and O–H groups in total. The van der Waals surface area contributed by atoms with Crippen molar-refractivity contribution in [1.29, 1.82) is 0 Å². The molecule has 7 rings (SSSR count). The first kappa shape index (κ1) is 33.2. The molecule has 0 bridgehead atoms. The van der Waals surface area contributed by atoms with Gasteiger partial charge in [0.1, 0.15) is 0 Å². The highest BCUT2D eigenvalue weighted by atomic mass is 32.2. The van der Waals surface area contributed by atoms with E-state index in [4.69, 9.17) is 15.0 Å². The second kappa shape index (κ2) is 14.3. The van der Waals surface area contributed by atoms with Gasteiger partial charge in [-0.05, 0) is 91.4 Å². The van der Waals surface area contributed by atoms with E-state index < -0.39 is 0 Å². The SMILES string of the molecule is C=C/C(=N\C(=C(C)C)c1nc(-c2ccccc2)ccc1CC)C1C=C(C2=NC(/C=C\C)C(C)C3=C2C=CC2C4=C(CCC=C4)SC32)C=CC1. The Labute approximate surface area is 297 Å². The van der Waals surface area contributed by atoms with Crippen LogP contribution in [-0.4, -0.2) is 27.7 Å². The molecule has 2 aliphatic heterocycles. The standard InChI is InChI=1S/C45H47N3S/c1-7-16-38-29(6)41-36(25-24-35-34-21-13-14-22-40(34)49-45(35)41)43(47-38)33-20-15-19-32(27-33)37(9-3)46-42(28(4)5)44-30(8-2)23-26-39(48-44)31-17-11-10-12-18-31/h7,9-13,15-18,20-21,23-27,29,32,35,38,45H,3,8,14,19,22H2,1-2,4-6H3/b16-7-,46-37+. The summed E-state index contributed by atoms with van der Waals surface area (Å²) in [6.07, 6.45) is 27.0. The van der Waals surface area contributed by atoms with Crippen molar-refractivity contribution in [2.45, 2.75) is 71.6 Å². The van der Waals surface area contributed by atoms with Gasteiger partial charge in [-0.3, -0.25) is 9.98 Å². The highest BCUT2D eigenvalue weighted by Gasteiger charge is 2.43. The highest BCUT2D eigenvalue weighted by Crippen LogP contribution is 2.55. The molecule has 5 atom stereocenters. The molecule has 0 fully saturated rings. The van der Waals surface area contributed by atoms with Gasteiger partial charge in [0, 0.05) is 39.9 Å². The summed E-state index contributed by atoms with van der Waals surface area (Å²) in [4.78, 5) is 17.6. The Hall–Kier alpha value is -4.28. The largest absolute Gasteiger partial charge is 0.276 e. The molecule has 5 unspecified atom stereocenters. The van der Waals surface area contributed by atoms with E-state index in [-0.39, 0.29) is 12.0 Å². The van der Waals surface area contributed by atoms with Gasteiger partial charge in [0.2, 0.25) is 0 Å². The van der Waals surface area contributed by atoms with Gasteiger partial charge < -0.3 is 0 Å². The molecule has 3 nitrogen and oxygen atoms in total. The van der Waals surface area contributed by atoms with Gasteiger partial charge in [-0.1, -0.05) is 112 Å². The fourth-order valence-corrected chi connectivity index (χ4v) is 9.60. The van der Waals surface area contributed by atoms with Gasteiger partial charge in [-0.2, -0.15) is 0 Å². The number of allylic oxidation sites excluding steroid dienone is 14. The Balaban J connectivity index is 1.26. The van der Waals surface area contributed by atoms with E-state index in [9.17, 15) is 0 Å². The average Bonchev–Trinajstić information content (AvgIpc) is 3.52. The van der Waals surface area contributed by atoms with Gasteiger partial charge >= 0.3 is 0 Å². The van der Waals surface area contributed by atoms with Gasteiger partial charge in [-0.15, -0.1) is 11.8 Å². The summed E-state index contributed by atoms with van der Waals surface area (Å²) in [7, 11) is 0. The third kappa shape index (κ3) is 6.32. The number of rotatable bonds is 8. The number of dihydropyridines is 1. The number of thioether (sulfide) groups is 1. The van der Waals surface area contributed by atoms with Crippen molar-refractivity contribution in [3.63, 3.8) is 0 Å². The zero-order chi connectivity index (χ0) is 34.1. The Bertz CT molecular complexity index is 1970. The van der Waals surface area contributed by atoms with Crippen LogP contribution in [0.25, 0.3) is 17.0 Å². The maximum Gasteiger partial charge on any atom is 0.0924 e. The van der Waals surface area contributed by atoms with Crippen LogP contribution in [0.2, 0.25) is 0 Å². The molecule has 0 amide bonds. The molecule has 0 spiro atoms. The van der Waals surface area contributed by atoms with Crippen LogP contribution in [0, 0.1) is 17.8 Å². The Kier molecular flexibility index (Phi) is 9.69. The number of aryl methyl sites for hydroxylation is 1. The second-order valence-corrected chi connectivity index (χ2v) is 15.0. The predicted molar refractivity (Wildman–Crippen MR) is 212 cm³/mol. The van der Waals surface area contributed by atoms with Crippen LogP contribution in [0.4, 0.5) is 0 Å². The molecule has 1 aromatic carbocycles. The third-order valence-electron chi connectivity index (χ3n) is 10.4. The molecule has 0 radical (unpaired) electrons. The molecule has 0 saturated carbocycles. The summed E-state index contributed by atoms with van der Waals surface area (Å²) in [5, 5.41) is 0.447. The van der Waals surface area contributed by atoms with E-state index in [1.54, 1.807) is 10.5 Å². The lowest BCUT2D eigenvalue weighted by atomic mass is 9.73. The van der Waals surface area contributed by atoms with Crippen molar-refractivity contribution in [2.75, 3.05) is 0 Å². The fourth-order valence-electron chi connectivity index (χ4n) is 7.86. The first-order valence-corrected chi connectivity index (χ1v) is 18.8. The topological polar surface area (TPSA) is 37.6 Å². The van der Waals surface area contributed by atoms with Gasteiger partial charge in [0.15, 0.2) is 0 Å². The van der Waals surface area contributed by atoms with Gasteiger partial charge in [0.05, 0.1) is 28.8 Å². The minimum Gasteiger partial charge on any atom is -0.276 e. The number of fused-ring (bicyclic) bond motifs is 3. The van der Waals surface area contributed by atoms with Crippen LogP contribution >= 0.6 is 11.8 Å². The van der Waals surface area contributed by atoms with Crippen LogP contribution in [-0.2, 0) is 6.42 Å². The van der Waals surface area contributed by atoms with E-state index >= 15 is 0 Å². The predicted octanol–water partition coefficient (Wildman–Crippen LogP) is 11.4. The number of aliphatic imine (C=N–C) groups is 2. The molecule has 49 heavy (non-hydrogen) atoms. The van der Waals surface area contributed by atoms with E-state index in [1.807, 2.05) is 12.1 Å². The summed E-state index contributed by atoms with van der Waals surface area (Å²) < 4.78 is 0. The van der Waals surface area contributed by atoms with Crippen molar-refractivity contribution in [3.05, 3.63) is 154 Å². The van der Waals surface area contributed by atoms with Crippen molar-refractivity contribution >= 4 is 28.9 Å². The van der Waals surface area contributed by atoms with Crippen LogP contribution in [0.5, 0.6) is 0 Å². The maximum absolute atomic E-state index is 5.46. The van der Waals surface area contributed by atoms with Gasteiger partial charge in [-0.25, -0.2) is 4.98 Å². The minimum absolute atomic E-state index is 0.0841. The summed E-state index contributed by atoms with van der Waals surface area (Å²) in [5.41, 5.74) is 14.0. The van der Waals surface area contributed by atoms with Crippen LogP contribution in [0.1, 0.15) is 65.1 Å². The van der Waals surface area contributed by atoms with Crippen molar-refractivity contribution < 1.29 is 0 Å². The number of aromatic nitrogens is 1. The summed E-state index contributed by atoms with van der Waals surface area (Å²) in [6.45, 7) is 15.2. The third-order valence-corrected chi connectivity index (χ3v) is 11.9. The molecule has 1 aromatic heterocycles. The smallest absolute Gasteiger partial charge is 0.0924 e. The molecule has 5 aliphatic rings. The van der Waals surface area contributed by atoms with E-state index in [0.717, 1.165) is 58.9 Å². The number of hydrogen-bond acceptors (Lipinski definition) is 4. The molecular formula is C45H47N3S. The first-order chi connectivity index (χ1) is 23.9. The molecule has 3 heterocycles. The lowest BCUT2D eigenvalue weighted by Crippen LogP contribution is -2.35. The normalized spacial score (nSPS) is 26.0. The summed E-state index contributed by atoms with van der Waals surface area (Å²) in [6, 6.07) is 14.9. The van der Waals surface area contributed by atoms with E-state index in [0.29, 0.717) is 17.1 Å². The van der Waals surface area contributed by atoms with Crippen molar-refractivity contribution in [1.82, 2.24) is 4.98 Å². The van der Waals surface area contributed by atoms with Gasteiger partial charge in [0.25, 0.3) is 0 Å². The molecule has 0 saturated heterocycles. The molecule has 3 aliphatic carbocycles. The van der Waals surface area contributed by atoms with Crippen LogP contribution in [0.15, 0.2) is 153 Å². The quantitative estimate of drug-likeness (QED) is 0.209. The Morgan fingerprint density at radius 3 is 2.65 bits per heavy atom. The number of hydrogen-bond donors (Lipinski definition) is 0. The second-order valence-electron chi connectivity index (χ2n) is 13.8. The number of nitrogens with zero attached hydrogens (tertiary/aromatic N) is 3. The van der Waals surface area contributed by atoms with Crippen molar-refractivity contribution in [3.8, 4) is 11.3 Å². The van der Waals surface area contributed by atoms with E-state index in [1.165, 1.54) is 28.7 Å². The number of benzene rings is 1. The average molecular weight is 662 g/mol. The lowest BCUT2D eigenvalue weighted by molar-refractivity contribution is 0.549. The maximum atomic E-state index is 5.46. The lowest BCUT2D eigenvalue weighted by Gasteiger charge is -2.37. The molecule has 2 aromatic rings. The Morgan fingerprint density at radius 1 is 1.06 bits per heavy atom. The van der Waals surface area contributed by atoms with Crippen LogP contribution in [0.3, 0.4) is 0 Å². The minimum atomic E-state index is 0.0841. The fraction of sp³-hybridized carbons (Fsp3) is 0.311. The zero-order valence-electron chi connectivity index (χ0n) is 29.5. The molecule has 4 heteroatoms. The zero-order valence-corrected chi connectivity index (χ0v) is 30.3. The molecule has 248 valence electrons. The molecular weight excluding hydrogens is 615 g/mol. The monoisotopic (exact) mass is 661 g/mol. The Morgan fingerprint density at radius 2 is 1.90 bits per heavy atom. The summed E-state index contributed by atoms with van der Waals surface area (Å²) >= 11 is 2.11. The van der Waals surface area contributed by atoms with E-state index in [2.05, 4.69) is 144 Å². The summed E-state index contributed by atoms with van der Waals surface area (Å²) in [5.74, 6) is 0.892. The first-order valence-electron chi connectivity index (χ1n) is 17.9. The highest BCUT2D eigenvalue weighted by molar-refractivity contribution is 8.04. The number of pyridine rings is 1. The van der Waals surface area contributed by atoms with Crippen molar-refractivity contribution in [2.24, 2.45) is 27.7 Å². The van der Waals surface area contributed by atoms with Crippen LogP contribution < -0.4 is 0 Å².